The molecule has 18 heavy (non-hydrogen) atoms. The Kier molecular flexibility index (Phi) is 7.33. The van der Waals surface area contributed by atoms with Gasteiger partial charge < -0.3 is 9.84 Å². The minimum atomic E-state index is -0.484. The molecule has 1 saturated carbocycles. The van der Waals surface area contributed by atoms with Crippen molar-refractivity contribution in [2.75, 3.05) is 6.61 Å². The Bertz CT molecular complexity index is 240. The molecule has 1 aliphatic rings. The molecule has 0 unspecified atom stereocenters. The largest absolute Gasteiger partial charge is 0.465 e. The van der Waals surface area contributed by atoms with E-state index in [9.17, 15) is 9.90 Å². The van der Waals surface area contributed by atoms with Crippen LogP contribution in [0.4, 0.5) is 0 Å². The second-order valence-corrected chi connectivity index (χ2v) is 5.50. The number of esters is 1. The second kappa shape index (κ2) is 8.52. The fraction of sp³-hybridized carbons (Fsp3) is 0.933. The third-order valence-electron chi connectivity index (χ3n) is 4.04. The van der Waals surface area contributed by atoms with Crippen molar-refractivity contribution < 1.29 is 14.6 Å². The van der Waals surface area contributed by atoms with Gasteiger partial charge in [-0.25, -0.2) is 0 Å². The molecule has 0 saturated heterocycles. The summed E-state index contributed by atoms with van der Waals surface area (Å²) in [5, 5.41) is 9.80. The lowest BCUT2D eigenvalue weighted by Crippen LogP contribution is -2.33. The first kappa shape index (κ1) is 15.5. The summed E-state index contributed by atoms with van der Waals surface area (Å²) in [6.07, 6.45) is 7.67. The van der Waals surface area contributed by atoms with E-state index in [0.29, 0.717) is 12.5 Å². The van der Waals surface area contributed by atoms with Crippen LogP contribution in [-0.2, 0) is 9.53 Å². The Morgan fingerprint density at radius 3 is 2.67 bits per heavy atom. The summed E-state index contributed by atoms with van der Waals surface area (Å²) < 4.78 is 5.40. The fourth-order valence-corrected chi connectivity index (χ4v) is 2.59. The molecule has 106 valence electrons. The molecule has 0 bridgehead atoms. The summed E-state index contributed by atoms with van der Waals surface area (Å²) in [5.74, 6) is 0.0224. The SMILES string of the molecule is CCCC[C@H](CC)COC(=O)[C@@H]1CCCC[C@@H]1O. The summed E-state index contributed by atoms with van der Waals surface area (Å²) in [7, 11) is 0. The van der Waals surface area contributed by atoms with Crippen LogP contribution in [-0.4, -0.2) is 23.8 Å². The Balaban J connectivity index is 2.29. The van der Waals surface area contributed by atoms with Crippen LogP contribution in [0.25, 0.3) is 0 Å². The van der Waals surface area contributed by atoms with E-state index in [-0.39, 0.29) is 11.9 Å². The molecule has 1 N–H and O–H groups in total. The Morgan fingerprint density at radius 1 is 1.33 bits per heavy atom. The van der Waals surface area contributed by atoms with Crippen molar-refractivity contribution >= 4 is 5.97 Å². The number of rotatable bonds is 7. The molecular formula is C15H28O3. The van der Waals surface area contributed by atoms with Gasteiger partial charge in [0.2, 0.25) is 0 Å². The smallest absolute Gasteiger partial charge is 0.311 e. The average Bonchev–Trinajstić information content (AvgIpc) is 2.39. The molecule has 3 nitrogen and oxygen atoms in total. The highest BCUT2D eigenvalue weighted by atomic mass is 16.5. The number of unbranched alkanes of at least 4 members (excludes halogenated alkanes) is 1. The molecule has 0 heterocycles. The van der Waals surface area contributed by atoms with Crippen LogP contribution in [0, 0.1) is 11.8 Å². The van der Waals surface area contributed by atoms with E-state index >= 15 is 0 Å². The van der Waals surface area contributed by atoms with Crippen molar-refractivity contribution in [3.05, 3.63) is 0 Å². The molecule has 0 radical (unpaired) electrons. The van der Waals surface area contributed by atoms with Gasteiger partial charge in [0.25, 0.3) is 0 Å². The van der Waals surface area contributed by atoms with E-state index in [0.717, 1.165) is 38.5 Å². The van der Waals surface area contributed by atoms with E-state index in [1.165, 1.54) is 12.8 Å². The predicted molar refractivity (Wildman–Crippen MR) is 72.2 cm³/mol. The summed E-state index contributed by atoms with van der Waals surface area (Å²) >= 11 is 0. The lowest BCUT2D eigenvalue weighted by molar-refractivity contribution is -0.155. The molecule has 0 aromatic carbocycles. The molecule has 3 heteroatoms. The van der Waals surface area contributed by atoms with Gasteiger partial charge in [0, 0.05) is 0 Å². The summed E-state index contributed by atoms with van der Waals surface area (Å²) in [5.41, 5.74) is 0. The third kappa shape index (κ3) is 4.97. The van der Waals surface area contributed by atoms with Gasteiger partial charge in [-0.05, 0) is 25.2 Å². The molecule has 0 aromatic rings. The number of hydrogen-bond donors (Lipinski definition) is 1. The highest BCUT2D eigenvalue weighted by Crippen LogP contribution is 2.26. The van der Waals surface area contributed by atoms with Crippen molar-refractivity contribution in [1.82, 2.24) is 0 Å². The molecule has 0 spiro atoms. The normalized spacial score (nSPS) is 25.7. The van der Waals surface area contributed by atoms with Gasteiger partial charge in [-0.1, -0.05) is 46.0 Å². The Labute approximate surface area is 111 Å². The van der Waals surface area contributed by atoms with Crippen molar-refractivity contribution in [2.45, 2.75) is 71.3 Å². The van der Waals surface area contributed by atoms with Gasteiger partial charge >= 0.3 is 5.97 Å². The van der Waals surface area contributed by atoms with Crippen LogP contribution in [0.1, 0.15) is 65.2 Å². The number of hydrogen-bond acceptors (Lipinski definition) is 3. The van der Waals surface area contributed by atoms with Crippen LogP contribution in [0.5, 0.6) is 0 Å². The number of aliphatic hydroxyl groups excluding tert-OH is 1. The predicted octanol–water partition coefficient (Wildman–Crippen LogP) is 3.30. The summed E-state index contributed by atoms with van der Waals surface area (Å²) in [4.78, 5) is 11.9. The zero-order valence-corrected chi connectivity index (χ0v) is 11.9. The average molecular weight is 256 g/mol. The van der Waals surface area contributed by atoms with Crippen LogP contribution in [0.2, 0.25) is 0 Å². The van der Waals surface area contributed by atoms with E-state index < -0.39 is 6.10 Å². The number of carbonyl (C=O) groups is 1. The summed E-state index contributed by atoms with van der Waals surface area (Å²) in [6, 6.07) is 0. The second-order valence-electron chi connectivity index (χ2n) is 5.50. The van der Waals surface area contributed by atoms with Gasteiger partial charge in [0.05, 0.1) is 18.6 Å². The molecule has 1 rings (SSSR count). The molecule has 0 aliphatic heterocycles. The van der Waals surface area contributed by atoms with Gasteiger partial charge in [-0.3, -0.25) is 4.79 Å². The molecule has 3 atom stereocenters. The minimum absolute atomic E-state index is 0.183. The van der Waals surface area contributed by atoms with Crippen molar-refractivity contribution in [1.29, 1.82) is 0 Å². The van der Waals surface area contributed by atoms with Crippen LogP contribution in [0.15, 0.2) is 0 Å². The summed E-state index contributed by atoms with van der Waals surface area (Å²) in [6.45, 7) is 4.85. The monoisotopic (exact) mass is 256 g/mol. The van der Waals surface area contributed by atoms with Crippen molar-refractivity contribution in [2.24, 2.45) is 11.8 Å². The van der Waals surface area contributed by atoms with E-state index in [2.05, 4.69) is 13.8 Å². The van der Waals surface area contributed by atoms with E-state index in [4.69, 9.17) is 4.74 Å². The topological polar surface area (TPSA) is 46.5 Å². The Morgan fingerprint density at radius 2 is 2.06 bits per heavy atom. The standard InChI is InChI=1S/C15H28O3/c1-3-5-8-12(4-2)11-18-15(17)13-9-6-7-10-14(13)16/h12-14,16H,3-11H2,1-2H3/t12-,13+,14-/m0/s1. The van der Waals surface area contributed by atoms with Gasteiger partial charge in [0.15, 0.2) is 0 Å². The fourth-order valence-electron chi connectivity index (χ4n) is 2.59. The maximum absolute atomic E-state index is 11.9. The maximum Gasteiger partial charge on any atom is 0.311 e. The molecule has 1 fully saturated rings. The van der Waals surface area contributed by atoms with Gasteiger partial charge in [-0.2, -0.15) is 0 Å². The van der Waals surface area contributed by atoms with Gasteiger partial charge in [0.1, 0.15) is 0 Å². The quantitative estimate of drug-likeness (QED) is 0.711. The minimum Gasteiger partial charge on any atom is -0.465 e. The first-order valence-electron chi connectivity index (χ1n) is 7.53. The number of aliphatic hydroxyl groups is 1. The van der Waals surface area contributed by atoms with Crippen LogP contribution in [0.3, 0.4) is 0 Å². The first-order chi connectivity index (χ1) is 8.69. The van der Waals surface area contributed by atoms with Crippen LogP contribution < -0.4 is 0 Å². The number of carbonyl (C=O) groups excluding carboxylic acids is 1. The van der Waals surface area contributed by atoms with Crippen molar-refractivity contribution in [3.8, 4) is 0 Å². The highest BCUT2D eigenvalue weighted by molar-refractivity contribution is 5.73. The zero-order valence-electron chi connectivity index (χ0n) is 11.9. The molecule has 0 aromatic heterocycles. The molecule has 0 amide bonds. The number of ether oxygens (including phenoxy) is 1. The highest BCUT2D eigenvalue weighted by Gasteiger charge is 2.30. The lowest BCUT2D eigenvalue weighted by Gasteiger charge is -2.26. The van der Waals surface area contributed by atoms with Gasteiger partial charge in [-0.15, -0.1) is 0 Å². The first-order valence-corrected chi connectivity index (χ1v) is 7.53. The molecular weight excluding hydrogens is 228 g/mol. The zero-order chi connectivity index (χ0) is 13.4. The maximum atomic E-state index is 11.9. The Hall–Kier alpha value is -0.570. The van der Waals surface area contributed by atoms with Crippen molar-refractivity contribution in [3.63, 3.8) is 0 Å². The lowest BCUT2D eigenvalue weighted by atomic mass is 9.86. The van der Waals surface area contributed by atoms with E-state index in [1.807, 2.05) is 0 Å². The third-order valence-corrected chi connectivity index (χ3v) is 4.04. The van der Waals surface area contributed by atoms with E-state index in [1.54, 1.807) is 0 Å². The van der Waals surface area contributed by atoms with Crippen LogP contribution >= 0.6 is 0 Å². The molecule has 1 aliphatic carbocycles.